The average molecular weight is 666 g/mol. The third kappa shape index (κ3) is 6.67. The Balaban J connectivity index is 1.74. The van der Waals surface area contributed by atoms with Crippen LogP contribution in [0.15, 0.2) is 75.2 Å². The first-order valence-electron chi connectivity index (χ1n) is 9.78. The monoisotopic (exact) mass is 664 g/mol. The van der Waals surface area contributed by atoms with Crippen LogP contribution < -0.4 is 10.1 Å². The van der Waals surface area contributed by atoms with E-state index in [0.717, 1.165) is 20.9 Å². The van der Waals surface area contributed by atoms with Gasteiger partial charge in [0.15, 0.2) is 0 Å². The van der Waals surface area contributed by atoms with Gasteiger partial charge in [0.25, 0.3) is 5.91 Å². The average Bonchev–Trinajstić information content (AvgIpc) is 2.78. The van der Waals surface area contributed by atoms with Crippen LogP contribution in [0.5, 0.6) is 5.75 Å². The highest BCUT2D eigenvalue weighted by atomic mass is 127. The number of aryl methyl sites for hydroxylation is 1. The Morgan fingerprint density at radius 1 is 1.06 bits per heavy atom. The summed E-state index contributed by atoms with van der Waals surface area (Å²) in [5.41, 5.74) is 3.59. The fourth-order valence-electron chi connectivity index (χ4n) is 2.87. The van der Waals surface area contributed by atoms with Crippen LogP contribution in [0.25, 0.3) is 6.08 Å². The number of nitrogens with zero attached hydrogens (tertiary/aromatic N) is 1. The largest absolute Gasteiger partial charge is 0.487 e. The predicted molar refractivity (Wildman–Crippen MR) is 143 cm³/mol. The van der Waals surface area contributed by atoms with E-state index in [1.54, 1.807) is 6.08 Å². The Morgan fingerprint density at radius 2 is 1.66 bits per heavy atom. The number of hydrogen-bond acceptors (Lipinski definition) is 3. The lowest BCUT2D eigenvalue weighted by Crippen LogP contribution is -2.13. The first-order valence-corrected chi connectivity index (χ1v) is 12.4. The minimum Gasteiger partial charge on any atom is -0.487 e. The molecule has 0 unspecified atom stereocenters. The van der Waals surface area contributed by atoms with E-state index in [1.807, 2.05) is 66.7 Å². The molecular formula is C25H19Br2IN2O2. The molecule has 3 aromatic carbocycles. The number of ether oxygens (including phenoxy) is 1. The molecule has 0 heterocycles. The Morgan fingerprint density at radius 3 is 2.22 bits per heavy atom. The zero-order valence-corrected chi connectivity index (χ0v) is 22.5. The van der Waals surface area contributed by atoms with E-state index in [0.29, 0.717) is 23.6 Å². The molecule has 0 radical (unpaired) electrons. The fourth-order valence-corrected chi connectivity index (χ4v) is 4.68. The van der Waals surface area contributed by atoms with Crippen LogP contribution in [0.2, 0.25) is 0 Å². The van der Waals surface area contributed by atoms with E-state index in [1.165, 1.54) is 9.13 Å². The van der Waals surface area contributed by atoms with E-state index in [4.69, 9.17) is 4.74 Å². The van der Waals surface area contributed by atoms with Crippen LogP contribution in [0.4, 0.5) is 5.69 Å². The molecule has 0 aliphatic rings. The first-order chi connectivity index (χ1) is 15.4. The fraction of sp³-hybridized carbons (Fsp3) is 0.120. The van der Waals surface area contributed by atoms with Gasteiger partial charge in [-0.15, -0.1) is 0 Å². The number of carbonyl (C=O) groups excluding carboxylic acids is 1. The summed E-state index contributed by atoms with van der Waals surface area (Å²) < 4.78 is 8.57. The molecule has 0 spiro atoms. The lowest BCUT2D eigenvalue weighted by atomic mass is 10.1. The van der Waals surface area contributed by atoms with Gasteiger partial charge < -0.3 is 10.1 Å². The molecule has 3 aromatic rings. The van der Waals surface area contributed by atoms with Gasteiger partial charge in [0.05, 0.1) is 8.95 Å². The molecule has 0 aliphatic heterocycles. The molecule has 0 atom stereocenters. The second kappa shape index (κ2) is 11.6. The van der Waals surface area contributed by atoms with Crippen molar-refractivity contribution in [3.63, 3.8) is 0 Å². The van der Waals surface area contributed by atoms with E-state index in [2.05, 4.69) is 66.7 Å². The third-order valence-corrected chi connectivity index (χ3v) is 6.51. The Labute approximate surface area is 218 Å². The van der Waals surface area contributed by atoms with E-state index in [9.17, 15) is 10.1 Å². The van der Waals surface area contributed by atoms with Crippen molar-refractivity contribution in [1.29, 1.82) is 5.26 Å². The van der Waals surface area contributed by atoms with E-state index in [-0.39, 0.29) is 5.57 Å². The topological polar surface area (TPSA) is 62.1 Å². The number of nitrogens with one attached hydrogen (secondary N) is 1. The standard InChI is InChI=1S/C25H19Br2IN2O2/c1-2-16-5-9-21(10-6-16)30-25(31)19(14-29)11-18-12-22(26)24(23(27)13-18)32-15-17-3-7-20(28)8-4-17/h3-13H,2,15H2,1H3,(H,30,31)/b19-11+. The van der Waals surface area contributed by atoms with Crippen LogP contribution in [0.3, 0.4) is 0 Å². The Kier molecular flexibility index (Phi) is 8.91. The Hall–Kier alpha value is -2.15. The number of benzene rings is 3. The van der Waals surface area contributed by atoms with Crippen LogP contribution in [-0.2, 0) is 17.8 Å². The minimum absolute atomic E-state index is 0.0101. The summed E-state index contributed by atoms with van der Waals surface area (Å²) in [6.07, 6.45) is 2.47. The summed E-state index contributed by atoms with van der Waals surface area (Å²) in [6, 6.07) is 21.3. The van der Waals surface area contributed by atoms with Gasteiger partial charge in [-0.05, 0) is 120 Å². The number of nitriles is 1. The minimum atomic E-state index is -0.456. The summed E-state index contributed by atoms with van der Waals surface area (Å²) in [6.45, 7) is 2.49. The van der Waals surface area contributed by atoms with Crippen LogP contribution >= 0.6 is 54.5 Å². The maximum Gasteiger partial charge on any atom is 0.266 e. The number of amides is 1. The second-order valence-corrected chi connectivity index (χ2v) is 9.86. The van der Waals surface area contributed by atoms with Crippen molar-refractivity contribution in [3.8, 4) is 11.8 Å². The third-order valence-electron chi connectivity index (χ3n) is 4.61. The molecule has 7 heteroatoms. The molecule has 0 saturated heterocycles. The van der Waals surface area contributed by atoms with Gasteiger partial charge in [-0.2, -0.15) is 5.26 Å². The van der Waals surface area contributed by atoms with Gasteiger partial charge in [0, 0.05) is 9.26 Å². The van der Waals surface area contributed by atoms with Gasteiger partial charge >= 0.3 is 0 Å². The van der Waals surface area contributed by atoms with E-state index < -0.39 is 5.91 Å². The molecule has 0 fully saturated rings. The van der Waals surface area contributed by atoms with E-state index >= 15 is 0 Å². The molecule has 32 heavy (non-hydrogen) atoms. The Bertz CT molecular complexity index is 1160. The number of rotatable bonds is 7. The predicted octanol–water partition coefficient (Wildman–Crippen LogP) is 7.50. The zero-order chi connectivity index (χ0) is 23.1. The summed E-state index contributed by atoms with van der Waals surface area (Å²) >= 11 is 9.32. The lowest BCUT2D eigenvalue weighted by molar-refractivity contribution is -0.112. The van der Waals surface area contributed by atoms with Crippen LogP contribution in [0.1, 0.15) is 23.6 Å². The maximum absolute atomic E-state index is 12.6. The molecule has 4 nitrogen and oxygen atoms in total. The molecule has 3 rings (SSSR count). The van der Waals surface area contributed by atoms with Crippen molar-refractivity contribution in [2.24, 2.45) is 0 Å². The number of halogens is 3. The van der Waals surface area contributed by atoms with Crippen molar-refractivity contribution in [2.75, 3.05) is 5.32 Å². The van der Waals surface area contributed by atoms with Crippen molar-refractivity contribution < 1.29 is 9.53 Å². The number of anilines is 1. The van der Waals surface area contributed by atoms with Crippen molar-refractivity contribution >= 4 is 72.1 Å². The van der Waals surface area contributed by atoms with Crippen LogP contribution in [-0.4, -0.2) is 5.91 Å². The maximum atomic E-state index is 12.6. The highest BCUT2D eigenvalue weighted by Crippen LogP contribution is 2.36. The summed E-state index contributed by atoms with van der Waals surface area (Å²) in [5.74, 6) is 0.197. The number of carbonyl (C=O) groups is 1. The molecular weight excluding hydrogens is 647 g/mol. The lowest BCUT2D eigenvalue weighted by Gasteiger charge is -2.12. The van der Waals surface area contributed by atoms with Crippen molar-refractivity contribution in [2.45, 2.75) is 20.0 Å². The van der Waals surface area contributed by atoms with Gasteiger partial charge in [-0.25, -0.2) is 0 Å². The molecule has 0 saturated carbocycles. The summed E-state index contributed by atoms with van der Waals surface area (Å²) in [5, 5.41) is 12.3. The van der Waals surface area contributed by atoms with Gasteiger partial charge in [-0.3, -0.25) is 4.79 Å². The second-order valence-electron chi connectivity index (χ2n) is 6.90. The molecule has 1 N–H and O–H groups in total. The summed E-state index contributed by atoms with van der Waals surface area (Å²) in [7, 11) is 0. The molecule has 0 bridgehead atoms. The molecule has 1 amide bonds. The zero-order valence-electron chi connectivity index (χ0n) is 17.2. The molecule has 0 aromatic heterocycles. The number of hydrogen-bond donors (Lipinski definition) is 1. The normalized spacial score (nSPS) is 11.0. The first kappa shape index (κ1) is 24.5. The SMILES string of the molecule is CCc1ccc(NC(=O)/C(C#N)=C/c2cc(Br)c(OCc3ccc(I)cc3)c(Br)c2)cc1. The molecule has 0 aliphatic carbocycles. The highest BCUT2D eigenvalue weighted by molar-refractivity contribution is 14.1. The highest BCUT2D eigenvalue weighted by Gasteiger charge is 2.13. The van der Waals surface area contributed by atoms with Gasteiger partial charge in [0.2, 0.25) is 0 Å². The van der Waals surface area contributed by atoms with Crippen molar-refractivity contribution in [3.05, 3.63) is 95.4 Å². The van der Waals surface area contributed by atoms with Crippen LogP contribution in [0, 0.1) is 14.9 Å². The quantitative estimate of drug-likeness (QED) is 0.162. The molecule has 162 valence electrons. The van der Waals surface area contributed by atoms with Gasteiger partial charge in [0.1, 0.15) is 24.0 Å². The van der Waals surface area contributed by atoms with Crippen molar-refractivity contribution in [1.82, 2.24) is 0 Å². The van der Waals surface area contributed by atoms with Gasteiger partial charge in [-0.1, -0.05) is 31.2 Å². The smallest absolute Gasteiger partial charge is 0.266 e. The summed E-state index contributed by atoms with van der Waals surface area (Å²) in [4.78, 5) is 12.6.